The van der Waals surface area contributed by atoms with E-state index in [0.717, 1.165) is 62.2 Å². The van der Waals surface area contributed by atoms with Crippen molar-refractivity contribution >= 4 is 22.8 Å². The Balaban J connectivity index is 1.46. The van der Waals surface area contributed by atoms with Crippen molar-refractivity contribution in [2.45, 2.75) is 0 Å². The maximum absolute atomic E-state index is 5.36. The number of hydrogen-bond acceptors (Lipinski definition) is 7. The largest absolute Gasteiger partial charge is 0.379 e. The third-order valence-corrected chi connectivity index (χ3v) is 4.56. The highest BCUT2D eigenvalue weighted by Gasteiger charge is 2.11. The van der Waals surface area contributed by atoms with Crippen LogP contribution in [0.4, 0.5) is 5.82 Å². The summed E-state index contributed by atoms with van der Waals surface area (Å²) >= 11 is 1.64. The summed E-state index contributed by atoms with van der Waals surface area (Å²) < 4.78 is 7.15. The zero-order valence-electron chi connectivity index (χ0n) is 12.7. The Bertz CT molecular complexity index is 765. The van der Waals surface area contributed by atoms with Gasteiger partial charge in [0.2, 0.25) is 0 Å². The first kappa shape index (κ1) is 14.6. The number of hydrogen-bond donors (Lipinski definition) is 1. The molecule has 0 saturated carbocycles. The van der Waals surface area contributed by atoms with Crippen LogP contribution in [0.3, 0.4) is 0 Å². The zero-order valence-corrected chi connectivity index (χ0v) is 13.5. The first-order valence-corrected chi connectivity index (χ1v) is 8.63. The Morgan fingerprint density at radius 2 is 2.09 bits per heavy atom. The zero-order chi connectivity index (χ0) is 15.5. The quantitative estimate of drug-likeness (QED) is 0.766. The molecule has 4 rings (SSSR count). The van der Waals surface area contributed by atoms with Gasteiger partial charge in [-0.2, -0.15) is 15.9 Å². The number of fused-ring (bicyclic) bond motifs is 1. The average Bonchev–Trinajstić information content (AvgIpc) is 3.24. The van der Waals surface area contributed by atoms with Gasteiger partial charge in [0.05, 0.1) is 13.2 Å². The minimum atomic E-state index is 0.755. The normalized spacial score (nSPS) is 16.0. The van der Waals surface area contributed by atoms with Gasteiger partial charge in [-0.05, 0) is 23.6 Å². The van der Waals surface area contributed by atoms with Crippen molar-refractivity contribution in [3.05, 3.63) is 29.0 Å². The van der Waals surface area contributed by atoms with Crippen molar-refractivity contribution in [1.82, 2.24) is 24.7 Å². The Morgan fingerprint density at radius 1 is 1.17 bits per heavy atom. The summed E-state index contributed by atoms with van der Waals surface area (Å²) in [5.74, 6) is 1.61. The summed E-state index contributed by atoms with van der Waals surface area (Å²) in [5, 5.41) is 20.5. The van der Waals surface area contributed by atoms with Crippen LogP contribution in [0, 0.1) is 0 Å². The van der Waals surface area contributed by atoms with E-state index in [4.69, 9.17) is 4.74 Å². The lowest BCUT2D eigenvalue weighted by Crippen LogP contribution is -2.39. The number of rotatable bonds is 5. The summed E-state index contributed by atoms with van der Waals surface area (Å²) in [5.41, 5.74) is 1.80. The molecule has 0 aliphatic carbocycles. The number of nitrogens with one attached hydrogen (secondary N) is 1. The molecule has 120 valence electrons. The molecule has 0 spiro atoms. The Morgan fingerprint density at radius 3 is 2.91 bits per heavy atom. The van der Waals surface area contributed by atoms with Crippen molar-refractivity contribution in [2.75, 3.05) is 44.7 Å². The highest BCUT2D eigenvalue weighted by Crippen LogP contribution is 2.20. The van der Waals surface area contributed by atoms with E-state index in [1.165, 1.54) is 0 Å². The molecule has 0 unspecified atom stereocenters. The van der Waals surface area contributed by atoms with Gasteiger partial charge in [0.25, 0.3) is 0 Å². The molecule has 3 aromatic rings. The average molecular weight is 330 g/mol. The molecule has 4 heterocycles. The van der Waals surface area contributed by atoms with E-state index >= 15 is 0 Å². The summed E-state index contributed by atoms with van der Waals surface area (Å²) in [6.45, 7) is 5.50. The van der Waals surface area contributed by atoms with Crippen molar-refractivity contribution in [1.29, 1.82) is 0 Å². The SMILES string of the molecule is c1cc(-c2nnc3ccc(NCCN4CCOCC4)nn23)cs1. The molecule has 1 saturated heterocycles. The molecule has 0 atom stereocenters. The van der Waals surface area contributed by atoms with Crippen molar-refractivity contribution in [3.8, 4) is 11.4 Å². The van der Waals surface area contributed by atoms with Crippen molar-refractivity contribution < 1.29 is 4.74 Å². The van der Waals surface area contributed by atoms with Crippen LogP contribution in [-0.4, -0.2) is 64.1 Å². The predicted octanol–water partition coefficient (Wildman–Crippen LogP) is 1.60. The van der Waals surface area contributed by atoms with Crippen LogP contribution in [0.1, 0.15) is 0 Å². The monoisotopic (exact) mass is 330 g/mol. The van der Waals surface area contributed by atoms with E-state index in [1.54, 1.807) is 15.9 Å². The van der Waals surface area contributed by atoms with E-state index < -0.39 is 0 Å². The molecule has 1 aliphatic rings. The van der Waals surface area contributed by atoms with E-state index in [9.17, 15) is 0 Å². The second kappa shape index (κ2) is 6.61. The Hall–Kier alpha value is -2.03. The molecule has 0 amide bonds. The van der Waals surface area contributed by atoms with Crippen molar-refractivity contribution in [3.63, 3.8) is 0 Å². The van der Waals surface area contributed by atoms with Crippen LogP contribution in [0.15, 0.2) is 29.0 Å². The molecular weight excluding hydrogens is 312 g/mol. The molecule has 1 fully saturated rings. The van der Waals surface area contributed by atoms with Crippen LogP contribution in [-0.2, 0) is 4.74 Å². The van der Waals surface area contributed by atoms with Gasteiger partial charge in [0.1, 0.15) is 5.82 Å². The number of morpholine rings is 1. The van der Waals surface area contributed by atoms with Crippen LogP contribution in [0.2, 0.25) is 0 Å². The lowest BCUT2D eigenvalue weighted by molar-refractivity contribution is 0.0398. The fourth-order valence-corrected chi connectivity index (χ4v) is 3.26. The second-order valence-electron chi connectivity index (χ2n) is 5.40. The number of anilines is 1. The second-order valence-corrected chi connectivity index (χ2v) is 6.19. The number of nitrogens with zero attached hydrogens (tertiary/aromatic N) is 5. The standard InChI is InChI=1S/C15H18N6OS/c1-2-14-17-18-15(12-3-10-23-11-12)21(14)19-13(1)16-4-5-20-6-8-22-9-7-20/h1-3,10-11H,4-9H2,(H,16,19). The van der Waals surface area contributed by atoms with Gasteiger partial charge in [-0.1, -0.05) is 0 Å². The van der Waals surface area contributed by atoms with Crippen molar-refractivity contribution in [2.24, 2.45) is 0 Å². The van der Waals surface area contributed by atoms with Crippen LogP contribution in [0.25, 0.3) is 17.0 Å². The maximum atomic E-state index is 5.36. The molecule has 0 radical (unpaired) electrons. The van der Waals surface area contributed by atoms with E-state index in [1.807, 2.05) is 23.6 Å². The number of aromatic nitrogens is 4. The summed E-state index contributed by atoms with van der Waals surface area (Å²) in [6.07, 6.45) is 0. The van der Waals surface area contributed by atoms with Gasteiger partial charge in [-0.3, -0.25) is 4.90 Å². The lowest BCUT2D eigenvalue weighted by Gasteiger charge is -2.26. The minimum Gasteiger partial charge on any atom is -0.379 e. The van der Waals surface area contributed by atoms with Crippen LogP contribution in [0.5, 0.6) is 0 Å². The molecule has 3 aromatic heterocycles. The Kier molecular flexibility index (Phi) is 4.18. The van der Waals surface area contributed by atoms with Gasteiger partial charge in [-0.15, -0.1) is 15.3 Å². The van der Waals surface area contributed by atoms with Gasteiger partial charge in [0.15, 0.2) is 11.5 Å². The van der Waals surface area contributed by atoms with Crippen LogP contribution < -0.4 is 5.32 Å². The third-order valence-electron chi connectivity index (χ3n) is 3.88. The Labute approximate surface area is 137 Å². The molecule has 1 aliphatic heterocycles. The van der Waals surface area contributed by atoms with Gasteiger partial charge < -0.3 is 10.1 Å². The van der Waals surface area contributed by atoms with Gasteiger partial charge in [0, 0.05) is 37.1 Å². The number of thiophene rings is 1. The number of ether oxygens (including phenoxy) is 1. The summed E-state index contributed by atoms with van der Waals surface area (Å²) in [4.78, 5) is 2.39. The smallest absolute Gasteiger partial charge is 0.186 e. The maximum Gasteiger partial charge on any atom is 0.186 e. The van der Waals surface area contributed by atoms with E-state index in [0.29, 0.717) is 0 Å². The molecule has 0 bridgehead atoms. The molecular formula is C15H18N6OS. The molecule has 8 heteroatoms. The predicted molar refractivity (Wildman–Crippen MR) is 89.8 cm³/mol. The highest BCUT2D eigenvalue weighted by atomic mass is 32.1. The van der Waals surface area contributed by atoms with E-state index in [2.05, 4.69) is 30.9 Å². The topological polar surface area (TPSA) is 67.6 Å². The van der Waals surface area contributed by atoms with Gasteiger partial charge >= 0.3 is 0 Å². The molecule has 1 N–H and O–H groups in total. The third kappa shape index (κ3) is 3.19. The first-order valence-electron chi connectivity index (χ1n) is 7.69. The first-order chi connectivity index (χ1) is 11.4. The summed E-state index contributed by atoms with van der Waals surface area (Å²) in [7, 11) is 0. The van der Waals surface area contributed by atoms with Crippen LogP contribution >= 0.6 is 11.3 Å². The summed E-state index contributed by atoms with van der Waals surface area (Å²) in [6, 6.07) is 5.91. The molecule has 7 nitrogen and oxygen atoms in total. The van der Waals surface area contributed by atoms with Gasteiger partial charge in [-0.25, -0.2) is 0 Å². The minimum absolute atomic E-state index is 0.755. The molecule has 23 heavy (non-hydrogen) atoms. The molecule has 0 aromatic carbocycles. The fraction of sp³-hybridized carbons (Fsp3) is 0.400. The fourth-order valence-electron chi connectivity index (χ4n) is 2.62. The van der Waals surface area contributed by atoms with E-state index in [-0.39, 0.29) is 0 Å². The lowest BCUT2D eigenvalue weighted by atomic mass is 10.3. The highest BCUT2D eigenvalue weighted by molar-refractivity contribution is 7.08.